The summed E-state index contributed by atoms with van der Waals surface area (Å²) in [5.74, 6) is 0.760. The smallest absolute Gasteiger partial charge is 0.317 e. The Balaban J connectivity index is 1.73. The highest BCUT2D eigenvalue weighted by molar-refractivity contribution is 5.79. The van der Waals surface area contributed by atoms with Crippen molar-refractivity contribution in [3.05, 3.63) is 24.2 Å². The molecule has 0 spiro atoms. The SMILES string of the molecule is CC(C)NC(=O)N1CCC(C(=O)NCc2ccco2)CC1. The molecule has 6 heteroatoms. The molecule has 1 aromatic heterocycles. The Kier molecular flexibility index (Phi) is 5.25. The number of nitrogens with zero attached hydrogens (tertiary/aromatic N) is 1. The topological polar surface area (TPSA) is 74.6 Å². The lowest BCUT2D eigenvalue weighted by molar-refractivity contribution is -0.126. The maximum Gasteiger partial charge on any atom is 0.317 e. The Morgan fingerprint density at radius 1 is 1.38 bits per heavy atom. The number of carbonyl (C=O) groups excluding carboxylic acids is 2. The summed E-state index contributed by atoms with van der Waals surface area (Å²) in [6.07, 6.45) is 3.00. The second-order valence-corrected chi connectivity index (χ2v) is 5.66. The van der Waals surface area contributed by atoms with Crippen LogP contribution in [0.2, 0.25) is 0 Å². The van der Waals surface area contributed by atoms with Crippen LogP contribution in [0.1, 0.15) is 32.4 Å². The summed E-state index contributed by atoms with van der Waals surface area (Å²) in [5.41, 5.74) is 0. The van der Waals surface area contributed by atoms with E-state index in [0.717, 1.165) is 5.76 Å². The van der Waals surface area contributed by atoms with Gasteiger partial charge in [0.25, 0.3) is 0 Å². The van der Waals surface area contributed by atoms with Gasteiger partial charge >= 0.3 is 6.03 Å². The average molecular weight is 293 g/mol. The predicted molar refractivity (Wildman–Crippen MR) is 78.5 cm³/mol. The summed E-state index contributed by atoms with van der Waals surface area (Å²) >= 11 is 0. The maximum absolute atomic E-state index is 12.1. The molecule has 21 heavy (non-hydrogen) atoms. The number of rotatable bonds is 4. The predicted octanol–water partition coefficient (Wildman–Crippen LogP) is 1.73. The average Bonchev–Trinajstić information content (AvgIpc) is 2.97. The fourth-order valence-electron chi connectivity index (χ4n) is 2.41. The minimum atomic E-state index is -0.0422. The van der Waals surface area contributed by atoms with Crippen molar-refractivity contribution in [1.82, 2.24) is 15.5 Å². The van der Waals surface area contributed by atoms with Crippen LogP contribution in [0.25, 0.3) is 0 Å². The van der Waals surface area contributed by atoms with Gasteiger partial charge in [0.2, 0.25) is 5.91 Å². The number of hydrogen-bond donors (Lipinski definition) is 2. The van der Waals surface area contributed by atoms with Gasteiger partial charge in [-0.15, -0.1) is 0 Å². The van der Waals surface area contributed by atoms with E-state index in [0.29, 0.717) is 32.5 Å². The zero-order valence-corrected chi connectivity index (χ0v) is 12.6. The van der Waals surface area contributed by atoms with Crippen molar-refractivity contribution >= 4 is 11.9 Å². The minimum Gasteiger partial charge on any atom is -0.467 e. The van der Waals surface area contributed by atoms with E-state index >= 15 is 0 Å². The van der Waals surface area contributed by atoms with Gasteiger partial charge in [0.05, 0.1) is 12.8 Å². The van der Waals surface area contributed by atoms with E-state index in [1.54, 1.807) is 17.2 Å². The van der Waals surface area contributed by atoms with Crippen molar-refractivity contribution in [2.24, 2.45) is 5.92 Å². The number of hydrogen-bond acceptors (Lipinski definition) is 3. The molecule has 1 aliphatic rings. The van der Waals surface area contributed by atoms with Gasteiger partial charge in [-0.05, 0) is 38.8 Å². The van der Waals surface area contributed by atoms with Crippen molar-refractivity contribution in [3.8, 4) is 0 Å². The molecule has 2 heterocycles. The number of nitrogens with one attached hydrogen (secondary N) is 2. The van der Waals surface area contributed by atoms with Gasteiger partial charge in [-0.25, -0.2) is 4.79 Å². The van der Waals surface area contributed by atoms with Gasteiger partial charge < -0.3 is 20.0 Å². The summed E-state index contributed by atoms with van der Waals surface area (Å²) < 4.78 is 5.18. The van der Waals surface area contributed by atoms with Gasteiger partial charge in [-0.1, -0.05) is 0 Å². The molecule has 2 N–H and O–H groups in total. The molecule has 2 rings (SSSR count). The summed E-state index contributed by atoms with van der Waals surface area (Å²) in [6, 6.07) is 3.72. The van der Waals surface area contributed by atoms with Crippen LogP contribution in [0, 0.1) is 5.92 Å². The van der Waals surface area contributed by atoms with E-state index in [1.165, 1.54) is 0 Å². The Morgan fingerprint density at radius 2 is 2.10 bits per heavy atom. The molecule has 0 radical (unpaired) electrons. The van der Waals surface area contributed by atoms with E-state index in [9.17, 15) is 9.59 Å². The second-order valence-electron chi connectivity index (χ2n) is 5.66. The van der Waals surface area contributed by atoms with Gasteiger partial charge in [-0.3, -0.25) is 4.79 Å². The van der Waals surface area contributed by atoms with E-state index in [4.69, 9.17) is 4.42 Å². The van der Waals surface area contributed by atoms with Crippen LogP contribution in [0.3, 0.4) is 0 Å². The highest BCUT2D eigenvalue weighted by Crippen LogP contribution is 2.17. The van der Waals surface area contributed by atoms with Gasteiger partial charge in [0.1, 0.15) is 5.76 Å². The Hall–Kier alpha value is -1.98. The van der Waals surface area contributed by atoms with Gasteiger partial charge in [-0.2, -0.15) is 0 Å². The van der Waals surface area contributed by atoms with Gasteiger partial charge in [0.15, 0.2) is 0 Å². The second kappa shape index (κ2) is 7.15. The zero-order chi connectivity index (χ0) is 15.2. The molecular formula is C15H23N3O3. The monoisotopic (exact) mass is 293 g/mol. The van der Waals surface area contributed by atoms with Crippen LogP contribution in [0.4, 0.5) is 4.79 Å². The summed E-state index contributed by atoms with van der Waals surface area (Å²) in [6.45, 7) is 5.54. The number of likely N-dealkylation sites (tertiary alicyclic amines) is 1. The molecule has 116 valence electrons. The normalized spacial score (nSPS) is 16.0. The van der Waals surface area contributed by atoms with Crippen LogP contribution >= 0.6 is 0 Å². The molecule has 0 atom stereocenters. The number of carbonyl (C=O) groups is 2. The molecule has 1 aromatic rings. The largest absolute Gasteiger partial charge is 0.467 e. The Labute approximate surface area is 124 Å². The zero-order valence-electron chi connectivity index (χ0n) is 12.6. The van der Waals surface area contributed by atoms with E-state index < -0.39 is 0 Å². The highest BCUT2D eigenvalue weighted by Gasteiger charge is 2.27. The molecule has 6 nitrogen and oxygen atoms in total. The third-order valence-corrected chi connectivity index (χ3v) is 3.58. The van der Waals surface area contributed by atoms with E-state index in [-0.39, 0.29) is 23.9 Å². The minimum absolute atomic E-state index is 0.0249. The van der Waals surface area contributed by atoms with Crippen LogP contribution in [0.15, 0.2) is 22.8 Å². The summed E-state index contributed by atoms with van der Waals surface area (Å²) in [5, 5.41) is 5.75. The lowest BCUT2D eigenvalue weighted by Crippen LogP contribution is -2.48. The van der Waals surface area contributed by atoms with Crippen LogP contribution in [-0.2, 0) is 11.3 Å². The molecule has 0 aliphatic carbocycles. The number of urea groups is 1. The molecule has 1 saturated heterocycles. The fraction of sp³-hybridized carbons (Fsp3) is 0.600. The van der Waals surface area contributed by atoms with Crippen molar-refractivity contribution in [2.75, 3.05) is 13.1 Å². The van der Waals surface area contributed by atoms with Crippen molar-refractivity contribution < 1.29 is 14.0 Å². The lowest BCUT2D eigenvalue weighted by atomic mass is 9.96. The Morgan fingerprint density at radius 3 is 2.67 bits per heavy atom. The van der Waals surface area contributed by atoms with E-state index in [1.807, 2.05) is 19.9 Å². The first-order valence-electron chi connectivity index (χ1n) is 7.42. The third-order valence-electron chi connectivity index (χ3n) is 3.58. The van der Waals surface area contributed by atoms with Crippen LogP contribution in [-0.4, -0.2) is 36.0 Å². The summed E-state index contributed by atoms with van der Waals surface area (Å²) in [4.78, 5) is 25.7. The molecule has 1 fully saturated rings. The van der Waals surface area contributed by atoms with Crippen LogP contribution < -0.4 is 10.6 Å². The molecule has 0 saturated carbocycles. The lowest BCUT2D eigenvalue weighted by Gasteiger charge is -2.31. The first-order chi connectivity index (χ1) is 10.1. The summed E-state index contributed by atoms with van der Waals surface area (Å²) in [7, 11) is 0. The number of piperidine rings is 1. The quantitative estimate of drug-likeness (QED) is 0.887. The van der Waals surface area contributed by atoms with Crippen molar-refractivity contribution in [1.29, 1.82) is 0 Å². The first kappa shape index (κ1) is 15.4. The van der Waals surface area contributed by atoms with Crippen molar-refractivity contribution in [3.63, 3.8) is 0 Å². The molecule has 0 bridgehead atoms. The maximum atomic E-state index is 12.1. The molecule has 0 unspecified atom stereocenters. The molecule has 0 aromatic carbocycles. The van der Waals surface area contributed by atoms with Crippen LogP contribution in [0.5, 0.6) is 0 Å². The fourth-order valence-corrected chi connectivity index (χ4v) is 2.41. The number of amides is 3. The standard InChI is InChI=1S/C15H23N3O3/c1-11(2)17-15(20)18-7-5-12(6-8-18)14(19)16-10-13-4-3-9-21-13/h3-4,9,11-12H,5-8,10H2,1-2H3,(H,16,19)(H,17,20). The van der Waals surface area contributed by atoms with Gasteiger partial charge in [0, 0.05) is 25.0 Å². The molecular weight excluding hydrogens is 270 g/mol. The third kappa shape index (κ3) is 4.51. The van der Waals surface area contributed by atoms with E-state index in [2.05, 4.69) is 10.6 Å². The number of furan rings is 1. The Bertz CT molecular complexity index is 463. The van der Waals surface area contributed by atoms with Crippen molar-refractivity contribution in [2.45, 2.75) is 39.3 Å². The first-order valence-corrected chi connectivity index (χ1v) is 7.42. The molecule has 3 amide bonds. The molecule has 1 aliphatic heterocycles. The highest BCUT2D eigenvalue weighted by atomic mass is 16.3.